The molecule has 2 aliphatic rings. The van der Waals surface area contributed by atoms with Crippen LogP contribution in [0.2, 0.25) is 5.02 Å². The van der Waals surface area contributed by atoms with Crippen LogP contribution in [0.4, 0.5) is 4.39 Å². The molecule has 8 heteroatoms. The Hall–Kier alpha value is -2.64. The molecule has 154 valence electrons. The highest BCUT2D eigenvalue weighted by Gasteiger charge is 2.46. The van der Waals surface area contributed by atoms with Crippen LogP contribution in [0.15, 0.2) is 28.9 Å². The number of halogens is 2. The average Bonchev–Trinajstić information content (AvgIpc) is 3.13. The summed E-state index contributed by atoms with van der Waals surface area (Å²) in [7, 11) is 0. The zero-order valence-electron chi connectivity index (χ0n) is 16.4. The third-order valence-corrected chi connectivity index (χ3v) is 6.26. The second-order valence-electron chi connectivity index (χ2n) is 8.23. The van der Waals surface area contributed by atoms with Crippen molar-refractivity contribution in [3.8, 4) is 22.5 Å². The molecule has 0 aliphatic heterocycles. The molecule has 1 saturated carbocycles. The molecule has 0 bridgehead atoms. The maximum atomic E-state index is 14.8. The molecule has 1 unspecified atom stereocenters. The van der Waals surface area contributed by atoms with Crippen LogP contribution in [0.25, 0.3) is 22.5 Å². The zero-order chi connectivity index (χ0) is 21.0. The number of ketones is 1. The fourth-order valence-corrected chi connectivity index (χ4v) is 4.38. The summed E-state index contributed by atoms with van der Waals surface area (Å²) in [5.41, 5.74) is 8.92. The van der Waals surface area contributed by atoms with Crippen LogP contribution in [0.5, 0.6) is 0 Å². The van der Waals surface area contributed by atoms with E-state index in [4.69, 9.17) is 21.9 Å². The minimum absolute atomic E-state index is 0.0815. The second-order valence-corrected chi connectivity index (χ2v) is 8.67. The van der Waals surface area contributed by atoms with Gasteiger partial charge in [-0.05, 0) is 55.0 Å². The van der Waals surface area contributed by atoms with E-state index in [0.717, 1.165) is 42.5 Å². The van der Waals surface area contributed by atoms with E-state index < -0.39 is 11.4 Å². The number of Topliss-reactive ketones (excluding diaryl/α,β-unsaturated/α-hetero) is 1. The molecule has 30 heavy (non-hydrogen) atoms. The predicted molar refractivity (Wildman–Crippen MR) is 110 cm³/mol. The summed E-state index contributed by atoms with van der Waals surface area (Å²) >= 11 is 6.14. The summed E-state index contributed by atoms with van der Waals surface area (Å²) in [4.78, 5) is 21.3. The van der Waals surface area contributed by atoms with Gasteiger partial charge in [-0.2, -0.15) is 4.98 Å². The third kappa shape index (κ3) is 3.32. The molecule has 0 amide bonds. The smallest absolute Gasteiger partial charge is 0.223 e. The minimum atomic E-state index is -0.612. The number of hydrogen-bond acceptors (Lipinski definition) is 6. The van der Waals surface area contributed by atoms with Gasteiger partial charge in [0, 0.05) is 41.7 Å². The number of aromatic nitrogens is 3. The molecule has 3 aromatic rings. The normalized spacial score (nSPS) is 19.0. The first-order chi connectivity index (χ1) is 14.3. The minimum Gasteiger partial charge on any atom is -0.339 e. The molecule has 2 heterocycles. The van der Waals surface area contributed by atoms with Crippen LogP contribution < -0.4 is 5.73 Å². The topological polar surface area (TPSA) is 94.9 Å². The summed E-state index contributed by atoms with van der Waals surface area (Å²) in [5.74, 6) is 0.187. The number of nitrogens with zero attached hydrogens (tertiary/aromatic N) is 3. The van der Waals surface area contributed by atoms with Crippen molar-refractivity contribution in [3.63, 3.8) is 0 Å². The van der Waals surface area contributed by atoms with Gasteiger partial charge in [-0.25, -0.2) is 4.39 Å². The lowest BCUT2D eigenvalue weighted by Crippen LogP contribution is -2.33. The van der Waals surface area contributed by atoms with Gasteiger partial charge in [0.2, 0.25) is 11.7 Å². The van der Waals surface area contributed by atoms with Gasteiger partial charge < -0.3 is 10.3 Å². The van der Waals surface area contributed by atoms with Crippen LogP contribution in [-0.2, 0) is 11.2 Å². The van der Waals surface area contributed by atoms with E-state index in [2.05, 4.69) is 15.1 Å². The van der Waals surface area contributed by atoms with Crippen molar-refractivity contribution in [2.75, 3.05) is 0 Å². The van der Waals surface area contributed by atoms with E-state index >= 15 is 0 Å². The van der Waals surface area contributed by atoms with Gasteiger partial charge >= 0.3 is 0 Å². The Morgan fingerprint density at radius 2 is 2.17 bits per heavy atom. The summed E-state index contributed by atoms with van der Waals surface area (Å²) < 4.78 is 19.8. The lowest BCUT2D eigenvalue weighted by molar-refractivity contribution is -0.121. The van der Waals surface area contributed by atoms with E-state index in [1.165, 1.54) is 6.07 Å². The maximum Gasteiger partial charge on any atom is 0.223 e. The highest BCUT2D eigenvalue weighted by molar-refractivity contribution is 6.31. The molecule has 0 spiro atoms. The van der Waals surface area contributed by atoms with Crippen molar-refractivity contribution < 1.29 is 13.7 Å². The van der Waals surface area contributed by atoms with Gasteiger partial charge in [0.1, 0.15) is 5.82 Å². The Bertz CT molecular complexity index is 1170. The molecule has 1 atom stereocenters. The number of carbonyl (C=O) groups is 1. The largest absolute Gasteiger partial charge is 0.339 e. The fourth-order valence-electron chi connectivity index (χ4n) is 4.17. The van der Waals surface area contributed by atoms with Crippen molar-refractivity contribution in [1.82, 2.24) is 15.1 Å². The summed E-state index contributed by atoms with van der Waals surface area (Å²) in [6.45, 7) is 1.65. The molecule has 2 N–H and O–H groups in total. The highest BCUT2D eigenvalue weighted by Crippen LogP contribution is 2.42. The number of carbonyl (C=O) groups excluding carboxylic acids is 1. The first-order valence-corrected chi connectivity index (χ1v) is 10.3. The number of hydrogen-bond donors (Lipinski definition) is 1. The molecule has 1 fully saturated rings. The molecule has 5 rings (SSSR count). The molecule has 0 saturated heterocycles. The number of pyridine rings is 1. The van der Waals surface area contributed by atoms with Gasteiger partial charge in [0.15, 0.2) is 5.78 Å². The summed E-state index contributed by atoms with van der Waals surface area (Å²) in [6, 6.07) is 4.90. The van der Waals surface area contributed by atoms with Gasteiger partial charge in [-0.1, -0.05) is 16.8 Å². The van der Waals surface area contributed by atoms with E-state index in [9.17, 15) is 9.18 Å². The Balaban J connectivity index is 1.52. The Kier molecular flexibility index (Phi) is 4.48. The van der Waals surface area contributed by atoms with Crippen LogP contribution in [0.3, 0.4) is 0 Å². The first kappa shape index (κ1) is 19.3. The van der Waals surface area contributed by atoms with Crippen LogP contribution in [-0.4, -0.2) is 26.4 Å². The monoisotopic (exact) mass is 426 g/mol. The average molecular weight is 427 g/mol. The van der Waals surface area contributed by atoms with Crippen LogP contribution in [0, 0.1) is 12.7 Å². The lowest BCUT2D eigenvalue weighted by Gasteiger charge is -2.14. The summed E-state index contributed by atoms with van der Waals surface area (Å²) in [5, 5.41) is 4.14. The Morgan fingerprint density at radius 3 is 2.87 bits per heavy atom. The van der Waals surface area contributed by atoms with Gasteiger partial charge in [-0.3, -0.25) is 9.78 Å². The second kappa shape index (κ2) is 6.96. The van der Waals surface area contributed by atoms with Crippen molar-refractivity contribution in [2.24, 2.45) is 5.73 Å². The zero-order valence-corrected chi connectivity index (χ0v) is 17.2. The van der Waals surface area contributed by atoms with Crippen molar-refractivity contribution >= 4 is 17.4 Å². The molecular weight excluding hydrogens is 407 g/mol. The van der Waals surface area contributed by atoms with Crippen LogP contribution in [0.1, 0.15) is 48.7 Å². The Morgan fingerprint density at radius 1 is 1.37 bits per heavy atom. The first-order valence-electron chi connectivity index (χ1n) is 9.95. The summed E-state index contributed by atoms with van der Waals surface area (Å²) in [6.07, 6.45) is 5.33. The quantitative estimate of drug-likeness (QED) is 0.650. The van der Waals surface area contributed by atoms with Gasteiger partial charge in [-0.15, -0.1) is 0 Å². The standard InChI is InChI=1S/C22H20ClFN4O2/c1-11-27-21(28-30-11)19-16(8-15(23)9-17(19)24)14-6-12-2-3-13(20(12)26-10-14)7-18(29)22(25)4-5-22/h6,8-10,13H,2-5,7,25H2,1H3. The van der Waals surface area contributed by atoms with E-state index in [-0.39, 0.29) is 28.1 Å². The molecule has 6 nitrogen and oxygen atoms in total. The number of benzene rings is 1. The Labute approximate surface area is 177 Å². The van der Waals surface area contributed by atoms with Gasteiger partial charge in [0.05, 0.1) is 11.1 Å². The molecule has 0 radical (unpaired) electrons. The molecule has 1 aromatic carbocycles. The lowest BCUT2D eigenvalue weighted by atomic mass is 9.94. The SMILES string of the molecule is Cc1nc(-c2c(F)cc(Cl)cc2-c2cnc3c(c2)CCC3CC(=O)C2(N)CC2)no1. The predicted octanol–water partition coefficient (Wildman–Crippen LogP) is 4.38. The van der Waals surface area contributed by atoms with Crippen molar-refractivity contribution in [3.05, 3.63) is 52.4 Å². The van der Waals surface area contributed by atoms with Crippen LogP contribution >= 0.6 is 11.6 Å². The molecule has 2 aliphatic carbocycles. The fraction of sp³-hybridized carbons (Fsp3) is 0.364. The maximum absolute atomic E-state index is 14.8. The number of nitrogens with two attached hydrogens (primary N) is 1. The molecular formula is C22H20ClFN4O2. The van der Waals surface area contributed by atoms with E-state index in [1.54, 1.807) is 19.2 Å². The van der Waals surface area contributed by atoms with Crippen molar-refractivity contribution in [1.29, 1.82) is 0 Å². The number of rotatable bonds is 5. The van der Waals surface area contributed by atoms with Gasteiger partial charge in [0.25, 0.3) is 0 Å². The van der Waals surface area contributed by atoms with Crippen molar-refractivity contribution in [2.45, 2.75) is 50.5 Å². The van der Waals surface area contributed by atoms with E-state index in [0.29, 0.717) is 17.9 Å². The van der Waals surface area contributed by atoms with E-state index in [1.807, 2.05) is 6.07 Å². The number of fused-ring (bicyclic) bond motifs is 1. The third-order valence-electron chi connectivity index (χ3n) is 6.04. The highest BCUT2D eigenvalue weighted by atomic mass is 35.5. The molecule has 2 aromatic heterocycles. The number of aryl methyl sites for hydroxylation is 2.